The molecular formula is C16H15N3OS2. The van der Waals surface area contributed by atoms with E-state index in [1.807, 2.05) is 64.0 Å². The van der Waals surface area contributed by atoms with Gasteiger partial charge in [-0.2, -0.15) is 11.8 Å². The summed E-state index contributed by atoms with van der Waals surface area (Å²) in [6.45, 7) is 1.69. The third-order valence-corrected chi connectivity index (χ3v) is 5.72. The number of amides is 1. The maximum atomic E-state index is 12.6. The normalized spacial score (nSPS) is 15.4. The summed E-state index contributed by atoms with van der Waals surface area (Å²) in [5.41, 5.74) is 1.71. The first-order valence-corrected chi connectivity index (χ1v) is 9.19. The van der Waals surface area contributed by atoms with Crippen LogP contribution in [0.3, 0.4) is 0 Å². The number of fused-ring (bicyclic) bond motifs is 1. The highest BCUT2D eigenvalue weighted by molar-refractivity contribution is 7.99. The topological polar surface area (TPSA) is 38.1 Å². The molecule has 0 N–H and O–H groups in total. The number of nitrogens with zero attached hydrogens (tertiary/aromatic N) is 3. The molecule has 3 heterocycles. The van der Waals surface area contributed by atoms with Crippen LogP contribution in [0.1, 0.15) is 10.4 Å². The number of carbonyl (C=O) groups is 1. The molecule has 0 spiro atoms. The average Bonchev–Trinajstić information content (AvgIpc) is 3.23. The average molecular weight is 329 g/mol. The van der Waals surface area contributed by atoms with Crippen LogP contribution in [0.25, 0.3) is 15.3 Å². The van der Waals surface area contributed by atoms with Crippen molar-refractivity contribution in [1.82, 2.24) is 14.5 Å². The number of thioether (sulfide) groups is 1. The summed E-state index contributed by atoms with van der Waals surface area (Å²) in [6.07, 6.45) is 3.96. The van der Waals surface area contributed by atoms with E-state index < -0.39 is 0 Å². The van der Waals surface area contributed by atoms with Crippen LogP contribution in [-0.2, 0) is 0 Å². The van der Waals surface area contributed by atoms with Crippen molar-refractivity contribution < 1.29 is 4.79 Å². The van der Waals surface area contributed by atoms with Gasteiger partial charge in [0.15, 0.2) is 5.13 Å². The van der Waals surface area contributed by atoms with Crippen LogP contribution in [0.5, 0.6) is 0 Å². The molecule has 4 rings (SSSR count). The molecule has 1 aliphatic heterocycles. The van der Waals surface area contributed by atoms with Crippen LogP contribution in [-0.4, -0.2) is 45.0 Å². The summed E-state index contributed by atoms with van der Waals surface area (Å²) in [7, 11) is 0. The summed E-state index contributed by atoms with van der Waals surface area (Å²) in [4.78, 5) is 19.1. The summed E-state index contributed by atoms with van der Waals surface area (Å²) in [6, 6.07) is 9.78. The van der Waals surface area contributed by atoms with Gasteiger partial charge < -0.3 is 9.47 Å². The molecule has 1 aromatic carbocycles. The van der Waals surface area contributed by atoms with Crippen LogP contribution in [0.2, 0.25) is 0 Å². The Morgan fingerprint density at radius 1 is 1.14 bits per heavy atom. The van der Waals surface area contributed by atoms with E-state index in [0.29, 0.717) is 0 Å². The molecule has 0 atom stereocenters. The molecule has 1 aliphatic rings. The van der Waals surface area contributed by atoms with E-state index >= 15 is 0 Å². The Bertz CT molecular complexity index is 804. The van der Waals surface area contributed by atoms with Crippen molar-refractivity contribution in [2.24, 2.45) is 0 Å². The number of carbonyl (C=O) groups excluding carboxylic acids is 1. The van der Waals surface area contributed by atoms with E-state index in [1.54, 1.807) is 11.3 Å². The van der Waals surface area contributed by atoms with E-state index in [0.717, 1.165) is 45.5 Å². The third-order valence-electron chi connectivity index (χ3n) is 3.75. The second-order valence-corrected chi connectivity index (χ2v) is 7.41. The predicted octanol–water partition coefficient (Wildman–Crippen LogP) is 3.28. The quantitative estimate of drug-likeness (QED) is 0.724. The van der Waals surface area contributed by atoms with Gasteiger partial charge in [0.1, 0.15) is 0 Å². The van der Waals surface area contributed by atoms with Crippen LogP contribution in [0, 0.1) is 0 Å². The van der Waals surface area contributed by atoms with E-state index in [4.69, 9.17) is 0 Å². The van der Waals surface area contributed by atoms with Crippen LogP contribution < -0.4 is 0 Å². The fraction of sp³-hybridized carbons (Fsp3) is 0.250. The first kappa shape index (κ1) is 13.8. The van der Waals surface area contributed by atoms with Crippen molar-refractivity contribution in [2.45, 2.75) is 0 Å². The van der Waals surface area contributed by atoms with Crippen molar-refractivity contribution in [3.63, 3.8) is 0 Å². The number of hydrogen-bond donors (Lipinski definition) is 0. The molecule has 2 aromatic heterocycles. The van der Waals surface area contributed by atoms with Crippen molar-refractivity contribution in [3.8, 4) is 5.13 Å². The molecule has 0 aliphatic carbocycles. The SMILES string of the molecule is O=C(c1ccc2nc(-n3cccc3)sc2c1)N1CCSCC1. The lowest BCUT2D eigenvalue weighted by molar-refractivity contribution is 0.0772. The maximum absolute atomic E-state index is 12.6. The van der Waals surface area contributed by atoms with Gasteiger partial charge in [-0.25, -0.2) is 4.98 Å². The lowest BCUT2D eigenvalue weighted by Crippen LogP contribution is -2.37. The minimum Gasteiger partial charge on any atom is -0.337 e. The Kier molecular flexibility index (Phi) is 3.63. The molecule has 6 heteroatoms. The highest BCUT2D eigenvalue weighted by atomic mass is 32.2. The van der Waals surface area contributed by atoms with Crippen LogP contribution in [0.4, 0.5) is 0 Å². The predicted molar refractivity (Wildman–Crippen MR) is 92.2 cm³/mol. The molecule has 22 heavy (non-hydrogen) atoms. The van der Waals surface area contributed by atoms with Gasteiger partial charge in [0, 0.05) is 42.6 Å². The maximum Gasteiger partial charge on any atom is 0.253 e. The van der Waals surface area contributed by atoms with E-state index in [-0.39, 0.29) is 5.91 Å². The van der Waals surface area contributed by atoms with E-state index in [1.165, 1.54) is 0 Å². The van der Waals surface area contributed by atoms with Crippen molar-refractivity contribution in [2.75, 3.05) is 24.6 Å². The standard InChI is InChI=1S/C16H15N3OS2/c20-15(18-7-9-21-10-8-18)12-3-4-13-14(11-12)22-16(17-13)19-5-1-2-6-19/h1-6,11H,7-10H2. The van der Waals surface area contributed by atoms with Gasteiger partial charge in [-0.05, 0) is 30.3 Å². The van der Waals surface area contributed by atoms with Crippen molar-refractivity contribution in [1.29, 1.82) is 0 Å². The highest BCUT2D eigenvalue weighted by Crippen LogP contribution is 2.26. The van der Waals surface area contributed by atoms with Gasteiger partial charge in [0.05, 0.1) is 10.2 Å². The highest BCUT2D eigenvalue weighted by Gasteiger charge is 2.19. The van der Waals surface area contributed by atoms with Gasteiger partial charge in [0.25, 0.3) is 5.91 Å². The second-order valence-electron chi connectivity index (χ2n) is 5.17. The van der Waals surface area contributed by atoms with Crippen molar-refractivity contribution >= 4 is 39.2 Å². The Labute approximate surface area is 136 Å². The molecule has 3 aromatic rings. The molecule has 1 amide bonds. The monoisotopic (exact) mass is 329 g/mol. The molecule has 0 unspecified atom stereocenters. The zero-order chi connectivity index (χ0) is 14.9. The fourth-order valence-corrected chi connectivity index (χ4v) is 4.44. The number of rotatable bonds is 2. The van der Waals surface area contributed by atoms with Gasteiger partial charge in [-0.3, -0.25) is 4.79 Å². The fourth-order valence-electron chi connectivity index (χ4n) is 2.57. The van der Waals surface area contributed by atoms with Gasteiger partial charge >= 0.3 is 0 Å². The summed E-state index contributed by atoms with van der Waals surface area (Å²) in [5, 5.41) is 0.930. The molecule has 1 saturated heterocycles. The lowest BCUT2D eigenvalue weighted by Gasteiger charge is -2.26. The Morgan fingerprint density at radius 2 is 1.91 bits per heavy atom. The Hall–Kier alpha value is -1.79. The lowest BCUT2D eigenvalue weighted by atomic mass is 10.2. The zero-order valence-electron chi connectivity index (χ0n) is 11.9. The Morgan fingerprint density at radius 3 is 2.68 bits per heavy atom. The third kappa shape index (κ3) is 2.53. The van der Waals surface area contributed by atoms with Gasteiger partial charge in [0.2, 0.25) is 0 Å². The first-order chi connectivity index (χ1) is 10.8. The minimum atomic E-state index is 0.137. The van der Waals surface area contributed by atoms with Crippen LogP contribution >= 0.6 is 23.1 Å². The first-order valence-electron chi connectivity index (χ1n) is 7.22. The number of benzene rings is 1. The van der Waals surface area contributed by atoms with Gasteiger partial charge in [-0.15, -0.1) is 0 Å². The summed E-state index contributed by atoms with van der Waals surface area (Å²) < 4.78 is 3.05. The zero-order valence-corrected chi connectivity index (χ0v) is 13.6. The van der Waals surface area contributed by atoms with E-state index in [9.17, 15) is 4.79 Å². The summed E-state index contributed by atoms with van der Waals surface area (Å²) >= 11 is 3.52. The second kappa shape index (κ2) is 5.78. The number of thiazole rings is 1. The van der Waals surface area contributed by atoms with Crippen molar-refractivity contribution in [3.05, 3.63) is 48.3 Å². The Balaban J connectivity index is 1.66. The smallest absolute Gasteiger partial charge is 0.253 e. The molecule has 0 radical (unpaired) electrons. The minimum absolute atomic E-state index is 0.137. The molecule has 112 valence electrons. The number of aromatic nitrogens is 2. The molecule has 0 bridgehead atoms. The molecular weight excluding hydrogens is 314 g/mol. The van der Waals surface area contributed by atoms with Crippen LogP contribution in [0.15, 0.2) is 42.7 Å². The number of hydrogen-bond acceptors (Lipinski definition) is 4. The van der Waals surface area contributed by atoms with Gasteiger partial charge in [-0.1, -0.05) is 11.3 Å². The summed E-state index contributed by atoms with van der Waals surface area (Å²) in [5.74, 6) is 2.21. The largest absolute Gasteiger partial charge is 0.337 e. The van der Waals surface area contributed by atoms with E-state index in [2.05, 4.69) is 4.98 Å². The molecule has 1 fully saturated rings. The molecule has 4 nitrogen and oxygen atoms in total. The molecule has 0 saturated carbocycles.